The number of nitrogen functional groups attached to an aromatic ring is 1. The van der Waals surface area contributed by atoms with Crippen molar-refractivity contribution in [1.29, 1.82) is 0 Å². The fourth-order valence-corrected chi connectivity index (χ4v) is 1.67. The van der Waals surface area contributed by atoms with Crippen molar-refractivity contribution in [1.82, 2.24) is 0 Å². The van der Waals surface area contributed by atoms with Crippen molar-refractivity contribution in [3.05, 3.63) is 18.2 Å². The molecular formula is C10H11F3N2O. The van der Waals surface area contributed by atoms with E-state index in [-0.39, 0.29) is 13.2 Å². The molecule has 2 N–H and O–H groups in total. The third-order valence-corrected chi connectivity index (χ3v) is 2.31. The smallest absolute Gasteiger partial charge is 0.405 e. The molecule has 1 heterocycles. The molecule has 3 nitrogen and oxygen atoms in total. The Bertz CT molecular complexity index is 392. The standard InChI is InChI=1S/C10H11F3N2O/c11-10(12,13)6-15-3-4-16-9-5-7(14)1-2-8(9)15/h1-2,5H,3-4,6,14H2. The van der Waals surface area contributed by atoms with E-state index in [2.05, 4.69) is 0 Å². The third-order valence-electron chi connectivity index (χ3n) is 2.31. The van der Waals surface area contributed by atoms with E-state index in [1.807, 2.05) is 0 Å². The first kappa shape index (κ1) is 10.9. The van der Waals surface area contributed by atoms with E-state index >= 15 is 0 Å². The molecule has 6 heteroatoms. The fourth-order valence-electron chi connectivity index (χ4n) is 1.67. The minimum Gasteiger partial charge on any atom is -0.489 e. The molecule has 0 spiro atoms. The van der Waals surface area contributed by atoms with E-state index in [4.69, 9.17) is 10.5 Å². The Kier molecular flexibility index (Phi) is 2.57. The molecule has 16 heavy (non-hydrogen) atoms. The van der Waals surface area contributed by atoms with Crippen molar-refractivity contribution in [2.75, 3.05) is 30.3 Å². The van der Waals surface area contributed by atoms with Crippen LogP contribution in [0.2, 0.25) is 0 Å². The first-order valence-corrected chi connectivity index (χ1v) is 4.80. The fraction of sp³-hybridized carbons (Fsp3) is 0.400. The van der Waals surface area contributed by atoms with E-state index in [1.165, 1.54) is 11.0 Å². The van der Waals surface area contributed by atoms with Crippen LogP contribution in [0.3, 0.4) is 0 Å². The molecule has 0 unspecified atom stereocenters. The predicted molar refractivity (Wildman–Crippen MR) is 54.6 cm³/mol. The zero-order valence-corrected chi connectivity index (χ0v) is 8.42. The Hall–Kier alpha value is -1.59. The second-order valence-corrected chi connectivity index (χ2v) is 3.61. The van der Waals surface area contributed by atoms with E-state index in [0.717, 1.165) is 0 Å². The maximum atomic E-state index is 12.3. The normalized spacial score (nSPS) is 15.6. The maximum Gasteiger partial charge on any atom is 0.405 e. The number of rotatable bonds is 1. The zero-order chi connectivity index (χ0) is 11.8. The summed E-state index contributed by atoms with van der Waals surface area (Å²) < 4.78 is 42.2. The molecule has 0 atom stereocenters. The summed E-state index contributed by atoms with van der Waals surface area (Å²) in [6.07, 6.45) is -4.21. The van der Waals surface area contributed by atoms with Crippen LogP contribution in [0.4, 0.5) is 24.5 Å². The summed E-state index contributed by atoms with van der Waals surface area (Å²) in [5.74, 6) is 0.413. The molecule has 0 aromatic heterocycles. The first-order chi connectivity index (χ1) is 7.46. The number of hydrogen-bond acceptors (Lipinski definition) is 3. The Morgan fingerprint density at radius 2 is 2.12 bits per heavy atom. The molecule has 0 saturated carbocycles. The Morgan fingerprint density at radius 3 is 2.81 bits per heavy atom. The van der Waals surface area contributed by atoms with Crippen molar-refractivity contribution >= 4 is 11.4 Å². The van der Waals surface area contributed by atoms with Gasteiger partial charge in [0.25, 0.3) is 0 Å². The van der Waals surface area contributed by atoms with E-state index in [0.29, 0.717) is 17.1 Å². The number of fused-ring (bicyclic) bond motifs is 1. The summed E-state index contributed by atoms with van der Waals surface area (Å²) in [5.41, 5.74) is 6.46. The van der Waals surface area contributed by atoms with Crippen molar-refractivity contribution < 1.29 is 17.9 Å². The minimum atomic E-state index is -4.21. The number of nitrogens with zero attached hydrogens (tertiary/aromatic N) is 1. The lowest BCUT2D eigenvalue weighted by molar-refractivity contribution is -0.120. The summed E-state index contributed by atoms with van der Waals surface area (Å²) in [6, 6.07) is 4.66. The van der Waals surface area contributed by atoms with Gasteiger partial charge in [-0.1, -0.05) is 0 Å². The topological polar surface area (TPSA) is 38.5 Å². The molecular weight excluding hydrogens is 221 g/mol. The van der Waals surface area contributed by atoms with E-state index in [1.54, 1.807) is 12.1 Å². The minimum absolute atomic E-state index is 0.233. The van der Waals surface area contributed by atoms with Crippen LogP contribution in [0.15, 0.2) is 18.2 Å². The Balaban J connectivity index is 2.26. The highest BCUT2D eigenvalue weighted by Crippen LogP contribution is 2.34. The number of benzene rings is 1. The lowest BCUT2D eigenvalue weighted by Gasteiger charge is -2.31. The van der Waals surface area contributed by atoms with Gasteiger partial charge in [0.05, 0.1) is 12.2 Å². The number of halogens is 3. The van der Waals surface area contributed by atoms with Crippen molar-refractivity contribution in [2.45, 2.75) is 6.18 Å². The van der Waals surface area contributed by atoms with Gasteiger partial charge in [0, 0.05) is 11.8 Å². The lowest BCUT2D eigenvalue weighted by atomic mass is 10.2. The highest BCUT2D eigenvalue weighted by Gasteiger charge is 2.33. The summed E-state index contributed by atoms with van der Waals surface area (Å²) in [4.78, 5) is 1.25. The van der Waals surface area contributed by atoms with Gasteiger partial charge >= 0.3 is 6.18 Å². The van der Waals surface area contributed by atoms with Crippen LogP contribution in [0.5, 0.6) is 5.75 Å². The number of nitrogens with two attached hydrogens (primary N) is 1. The van der Waals surface area contributed by atoms with E-state index < -0.39 is 12.7 Å². The van der Waals surface area contributed by atoms with Gasteiger partial charge in [-0.15, -0.1) is 0 Å². The van der Waals surface area contributed by atoms with Crippen LogP contribution < -0.4 is 15.4 Å². The quantitative estimate of drug-likeness (QED) is 0.753. The Morgan fingerprint density at radius 1 is 1.38 bits per heavy atom. The van der Waals surface area contributed by atoms with Gasteiger partial charge < -0.3 is 15.4 Å². The molecule has 1 aromatic rings. The first-order valence-electron chi connectivity index (χ1n) is 4.80. The average molecular weight is 232 g/mol. The molecule has 1 aliphatic heterocycles. The molecule has 0 radical (unpaired) electrons. The SMILES string of the molecule is Nc1ccc2c(c1)OCCN2CC(F)(F)F. The third kappa shape index (κ3) is 2.32. The van der Waals surface area contributed by atoms with Gasteiger partial charge in [0.2, 0.25) is 0 Å². The highest BCUT2D eigenvalue weighted by atomic mass is 19.4. The number of anilines is 2. The molecule has 0 amide bonds. The maximum absolute atomic E-state index is 12.3. The van der Waals surface area contributed by atoms with Gasteiger partial charge in [0.15, 0.2) is 0 Å². The summed E-state index contributed by atoms with van der Waals surface area (Å²) >= 11 is 0. The van der Waals surface area contributed by atoms with Crippen molar-refractivity contribution in [3.8, 4) is 5.75 Å². The molecule has 2 rings (SSSR count). The largest absolute Gasteiger partial charge is 0.489 e. The van der Waals surface area contributed by atoms with Crippen LogP contribution in [-0.2, 0) is 0 Å². The molecule has 0 fully saturated rings. The molecule has 0 bridgehead atoms. The monoisotopic (exact) mass is 232 g/mol. The highest BCUT2D eigenvalue weighted by molar-refractivity contribution is 5.65. The molecule has 0 saturated heterocycles. The summed E-state index contributed by atoms with van der Waals surface area (Å²) in [5, 5.41) is 0. The van der Waals surface area contributed by atoms with Crippen molar-refractivity contribution in [2.24, 2.45) is 0 Å². The zero-order valence-electron chi connectivity index (χ0n) is 8.42. The van der Waals surface area contributed by atoms with Crippen LogP contribution in [0.25, 0.3) is 0 Å². The predicted octanol–water partition coefficient (Wildman–Crippen LogP) is 2.03. The van der Waals surface area contributed by atoms with Gasteiger partial charge in [0.1, 0.15) is 18.9 Å². The van der Waals surface area contributed by atoms with Crippen molar-refractivity contribution in [3.63, 3.8) is 0 Å². The molecule has 88 valence electrons. The van der Waals surface area contributed by atoms with Gasteiger partial charge in [-0.3, -0.25) is 0 Å². The lowest BCUT2D eigenvalue weighted by Crippen LogP contribution is -2.39. The second kappa shape index (κ2) is 3.77. The van der Waals surface area contributed by atoms with Crippen LogP contribution in [-0.4, -0.2) is 25.9 Å². The summed E-state index contributed by atoms with van der Waals surface area (Å²) in [6.45, 7) is -0.490. The average Bonchev–Trinajstić information content (AvgIpc) is 2.15. The van der Waals surface area contributed by atoms with Crippen LogP contribution in [0, 0.1) is 0 Å². The van der Waals surface area contributed by atoms with Crippen LogP contribution >= 0.6 is 0 Å². The summed E-state index contributed by atoms with van der Waals surface area (Å²) in [7, 11) is 0. The number of alkyl halides is 3. The Labute approximate surface area is 90.6 Å². The molecule has 1 aliphatic rings. The van der Waals surface area contributed by atoms with E-state index in [9.17, 15) is 13.2 Å². The van der Waals surface area contributed by atoms with Gasteiger partial charge in [-0.25, -0.2) is 0 Å². The molecule has 1 aromatic carbocycles. The number of hydrogen-bond donors (Lipinski definition) is 1. The molecule has 0 aliphatic carbocycles. The van der Waals surface area contributed by atoms with Gasteiger partial charge in [-0.05, 0) is 12.1 Å². The van der Waals surface area contributed by atoms with Crippen LogP contribution in [0.1, 0.15) is 0 Å². The number of ether oxygens (including phenoxy) is 1. The van der Waals surface area contributed by atoms with Gasteiger partial charge in [-0.2, -0.15) is 13.2 Å². The second-order valence-electron chi connectivity index (χ2n) is 3.61.